The third kappa shape index (κ3) is 3.47. The minimum Gasteiger partial charge on any atom is -0.496 e. The SMILES string of the molecule is CCc1ccc(OC)c(S/N=C(/C)N)c1. The van der Waals surface area contributed by atoms with E-state index < -0.39 is 0 Å². The van der Waals surface area contributed by atoms with Gasteiger partial charge in [0.15, 0.2) is 0 Å². The summed E-state index contributed by atoms with van der Waals surface area (Å²) in [5.74, 6) is 1.39. The lowest BCUT2D eigenvalue weighted by Gasteiger charge is -2.07. The molecule has 82 valence electrons. The van der Waals surface area contributed by atoms with Crippen LogP contribution in [0.15, 0.2) is 27.5 Å². The van der Waals surface area contributed by atoms with Crippen molar-refractivity contribution in [1.82, 2.24) is 0 Å². The lowest BCUT2D eigenvalue weighted by molar-refractivity contribution is 0.404. The van der Waals surface area contributed by atoms with Crippen molar-refractivity contribution in [3.05, 3.63) is 23.8 Å². The highest BCUT2D eigenvalue weighted by Crippen LogP contribution is 2.31. The zero-order chi connectivity index (χ0) is 11.3. The van der Waals surface area contributed by atoms with Gasteiger partial charge >= 0.3 is 0 Å². The molecule has 0 fully saturated rings. The predicted octanol–water partition coefficient (Wildman–Crippen LogP) is 2.64. The van der Waals surface area contributed by atoms with E-state index >= 15 is 0 Å². The van der Waals surface area contributed by atoms with Crippen LogP contribution in [0, 0.1) is 0 Å². The molecule has 0 bridgehead atoms. The number of hydrogen-bond acceptors (Lipinski definition) is 3. The van der Waals surface area contributed by atoms with Gasteiger partial charge in [0, 0.05) is 11.9 Å². The monoisotopic (exact) mass is 224 g/mol. The first-order valence-corrected chi connectivity index (χ1v) is 5.58. The molecule has 0 aromatic heterocycles. The summed E-state index contributed by atoms with van der Waals surface area (Å²) in [4.78, 5) is 1.00. The molecule has 0 saturated carbocycles. The Kier molecular flexibility index (Phi) is 4.49. The van der Waals surface area contributed by atoms with Crippen LogP contribution in [0.1, 0.15) is 19.4 Å². The minimum absolute atomic E-state index is 0.559. The fourth-order valence-electron chi connectivity index (χ4n) is 1.13. The smallest absolute Gasteiger partial charge is 0.134 e. The van der Waals surface area contributed by atoms with Crippen LogP contribution >= 0.6 is 11.9 Å². The summed E-state index contributed by atoms with van der Waals surface area (Å²) >= 11 is 1.35. The van der Waals surface area contributed by atoms with E-state index in [2.05, 4.69) is 23.5 Å². The largest absolute Gasteiger partial charge is 0.496 e. The second-order valence-corrected chi connectivity index (χ2v) is 3.97. The van der Waals surface area contributed by atoms with Crippen molar-refractivity contribution in [3.8, 4) is 5.75 Å². The number of aryl methyl sites for hydroxylation is 1. The van der Waals surface area contributed by atoms with Crippen LogP contribution in [0.3, 0.4) is 0 Å². The van der Waals surface area contributed by atoms with Gasteiger partial charge in [-0.1, -0.05) is 13.0 Å². The molecule has 1 rings (SSSR count). The van der Waals surface area contributed by atoms with E-state index in [9.17, 15) is 0 Å². The third-order valence-electron chi connectivity index (χ3n) is 1.92. The highest BCUT2D eigenvalue weighted by molar-refractivity contribution is 7.98. The Bertz CT molecular complexity index is 360. The van der Waals surface area contributed by atoms with Crippen LogP contribution in [0.25, 0.3) is 0 Å². The Morgan fingerprint density at radius 1 is 1.53 bits per heavy atom. The van der Waals surface area contributed by atoms with Gasteiger partial charge in [0.2, 0.25) is 0 Å². The molecule has 0 unspecified atom stereocenters. The molecule has 15 heavy (non-hydrogen) atoms. The molecule has 0 aliphatic rings. The van der Waals surface area contributed by atoms with E-state index in [1.807, 2.05) is 6.07 Å². The van der Waals surface area contributed by atoms with E-state index in [1.54, 1.807) is 14.0 Å². The number of hydrogen-bond donors (Lipinski definition) is 1. The molecule has 0 radical (unpaired) electrons. The number of methoxy groups -OCH3 is 1. The van der Waals surface area contributed by atoms with Crippen molar-refractivity contribution >= 4 is 17.8 Å². The zero-order valence-corrected chi connectivity index (χ0v) is 10.1. The van der Waals surface area contributed by atoms with E-state index in [0.29, 0.717) is 5.84 Å². The molecule has 0 aliphatic heterocycles. The number of nitrogens with two attached hydrogens (primary N) is 1. The number of rotatable bonds is 4. The fraction of sp³-hybridized carbons (Fsp3) is 0.364. The molecular formula is C11H16N2OS. The maximum atomic E-state index is 5.49. The van der Waals surface area contributed by atoms with E-state index in [1.165, 1.54) is 17.5 Å². The van der Waals surface area contributed by atoms with Crippen LogP contribution in [-0.4, -0.2) is 12.9 Å². The fourth-order valence-corrected chi connectivity index (χ4v) is 1.82. The second kappa shape index (κ2) is 5.66. The third-order valence-corrected chi connectivity index (χ3v) is 2.82. The van der Waals surface area contributed by atoms with Crippen molar-refractivity contribution in [2.45, 2.75) is 25.2 Å². The van der Waals surface area contributed by atoms with Gasteiger partial charge in [-0.15, -0.1) is 0 Å². The standard InChI is InChI=1S/C11H16N2OS/c1-4-9-5-6-10(14-3)11(7-9)15-13-8(2)12/h5-7H,4H2,1-3H3,(H2,12,13). The summed E-state index contributed by atoms with van der Waals surface area (Å²) in [6, 6.07) is 6.10. The van der Waals surface area contributed by atoms with E-state index in [4.69, 9.17) is 10.5 Å². The van der Waals surface area contributed by atoms with Crippen molar-refractivity contribution in [3.63, 3.8) is 0 Å². The predicted molar refractivity (Wildman–Crippen MR) is 65.5 cm³/mol. The molecule has 0 atom stereocenters. The molecular weight excluding hydrogens is 208 g/mol. The molecule has 1 aromatic carbocycles. The average molecular weight is 224 g/mol. The van der Waals surface area contributed by atoms with Crippen molar-refractivity contribution in [2.24, 2.45) is 10.1 Å². The van der Waals surface area contributed by atoms with Gasteiger partial charge in [0.25, 0.3) is 0 Å². The first kappa shape index (κ1) is 11.9. The van der Waals surface area contributed by atoms with E-state index in [0.717, 1.165) is 17.1 Å². The van der Waals surface area contributed by atoms with E-state index in [-0.39, 0.29) is 0 Å². The molecule has 2 N–H and O–H groups in total. The van der Waals surface area contributed by atoms with Crippen LogP contribution in [0.5, 0.6) is 5.75 Å². The van der Waals surface area contributed by atoms with Gasteiger partial charge < -0.3 is 10.5 Å². The van der Waals surface area contributed by atoms with Crippen LogP contribution in [0.4, 0.5) is 0 Å². The van der Waals surface area contributed by atoms with Crippen molar-refractivity contribution < 1.29 is 4.74 Å². The number of ether oxygens (including phenoxy) is 1. The first-order valence-electron chi connectivity index (χ1n) is 4.81. The Hall–Kier alpha value is -1.16. The molecule has 0 heterocycles. The number of benzene rings is 1. The quantitative estimate of drug-likeness (QED) is 0.486. The summed E-state index contributed by atoms with van der Waals surface area (Å²) in [6.45, 7) is 3.89. The zero-order valence-electron chi connectivity index (χ0n) is 9.28. The average Bonchev–Trinajstić information content (AvgIpc) is 2.25. The van der Waals surface area contributed by atoms with Crippen molar-refractivity contribution in [1.29, 1.82) is 0 Å². The highest BCUT2D eigenvalue weighted by Gasteiger charge is 2.04. The Morgan fingerprint density at radius 3 is 2.80 bits per heavy atom. The summed E-state index contributed by atoms with van der Waals surface area (Å²) in [7, 11) is 1.66. The molecule has 4 heteroatoms. The Labute approximate surface area is 94.9 Å². The summed E-state index contributed by atoms with van der Waals surface area (Å²) in [5.41, 5.74) is 6.76. The summed E-state index contributed by atoms with van der Waals surface area (Å²) in [5, 5.41) is 0. The van der Waals surface area contributed by atoms with Crippen LogP contribution in [0.2, 0.25) is 0 Å². The van der Waals surface area contributed by atoms with Gasteiger partial charge in [-0.25, -0.2) is 0 Å². The Balaban J connectivity index is 2.96. The van der Waals surface area contributed by atoms with Gasteiger partial charge in [-0.2, -0.15) is 4.40 Å². The van der Waals surface area contributed by atoms with Crippen LogP contribution in [-0.2, 0) is 6.42 Å². The lowest BCUT2D eigenvalue weighted by atomic mass is 10.2. The molecule has 0 saturated heterocycles. The van der Waals surface area contributed by atoms with Gasteiger partial charge in [-0.3, -0.25) is 0 Å². The summed E-state index contributed by atoms with van der Waals surface area (Å²) in [6.07, 6.45) is 1.00. The molecule has 0 aliphatic carbocycles. The second-order valence-electron chi connectivity index (χ2n) is 3.16. The maximum Gasteiger partial charge on any atom is 0.134 e. The van der Waals surface area contributed by atoms with Gasteiger partial charge in [0.05, 0.1) is 12.0 Å². The van der Waals surface area contributed by atoms with Gasteiger partial charge in [-0.05, 0) is 31.0 Å². The normalized spacial score (nSPS) is 11.5. The summed E-state index contributed by atoms with van der Waals surface area (Å²) < 4.78 is 9.36. The molecule has 3 nitrogen and oxygen atoms in total. The topological polar surface area (TPSA) is 47.6 Å². The minimum atomic E-state index is 0.559. The first-order chi connectivity index (χ1) is 7.17. The molecule has 1 aromatic rings. The van der Waals surface area contributed by atoms with Gasteiger partial charge in [0.1, 0.15) is 11.6 Å². The Morgan fingerprint density at radius 2 is 2.27 bits per heavy atom. The highest BCUT2D eigenvalue weighted by atomic mass is 32.2. The molecule has 0 amide bonds. The number of amidine groups is 1. The number of nitrogens with zero attached hydrogens (tertiary/aromatic N) is 1. The molecule has 0 spiro atoms. The maximum absolute atomic E-state index is 5.49. The lowest BCUT2D eigenvalue weighted by Crippen LogP contribution is -2.03. The van der Waals surface area contributed by atoms with Crippen molar-refractivity contribution in [2.75, 3.05) is 7.11 Å². The van der Waals surface area contributed by atoms with Crippen LogP contribution < -0.4 is 10.5 Å².